The summed E-state index contributed by atoms with van der Waals surface area (Å²) < 4.78 is 15.1. The maximum atomic E-state index is 15.1. The molecule has 2 radical (unpaired) electrons. The van der Waals surface area contributed by atoms with Crippen LogP contribution >= 0.6 is 9.24 Å². The van der Waals surface area contributed by atoms with E-state index in [0.29, 0.717) is 22.2 Å². The van der Waals surface area contributed by atoms with Gasteiger partial charge in [-0.2, -0.15) is 0 Å². The van der Waals surface area contributed by atoms with Crippen LogP contribution < -0.4 is 15.7 Å². The average molecular weight is 577 g/mol. The molecule has 1 aliphatic heterocycles. The Bertz CT molecular complexity index is 2010. The first kappa shape index (κ1) is 27.3. The van der Waals surface area contributed by atoms with Gasteiger partial charge in [-0.05, 0) is 76.1 Å². The molecule has 3 nitrogen and oxygen atoms in total. The molecule has 0 bridgehead atoms. The van der Waals surface area contributed by atoms with Gasteiger partial charge in [0.1, 0.15) is 13.7 Å². The topological polar surface area (TPSA) is 37.4 Å². The fraction of sp³-hybridized carbons (Fsp3) is 0.0811. The fourth-order valence-corrected chi connectivity index (χ4v) is 6.76. The van der Waals surface area contributed by atoms with Gasteiger partial charge >= 0.3 is 0 Å². The fourth-order valence-electron chi connectivity index (χ4n) is 6.34. The van der Waals surface area contributed by atoms with Crippen molar-refractivity contribution in [1.82, 2.24) is 0 Å². The largest absolute Gasteiger partial charge is 0.310 e. The maximum Gasteiger partial charge on any atom is 0.197 e. The third-order valence-corrected chi connectivity index (χ3v) is 9.01. The van der Waals surface area contributed by atoms with Gasteiger partial charge < -0.3 is 4.90 Å². The van der Waals surface area contributed by atoms with Crippen molar-refractivity contribution in [3.05, 3.63) is 142 Å². The van der Waals surface area contributed by atoms with E-state index in [1.165, 1.54) is 6.07 Å². The SMILES string of the molecule is [B]c1ccc2c(c1)C(=O)/C(=C\c1ccc3c(c1)C(C)(C)c1cc(-c4c(F)cccc4P)ccc1N3c1ccccc1)C2=O. The first-order valence-electron chi connectivity index (χ1n) is 14.0. The number of Topliss-reactive ketones (excluding diaryl/α,β-unsaturated/α-hetero) is 2. The summed E-state index contributed by atoms with van der Waals surface area (Å²) in [5, 5.41) is 0.788. The lowest BCUT2D eigenvalue weighted by Crippen LogP contribution is -2.31. The molecule has 0 spiro atoms. The van der Waals surface area contributed by atoms with E-state index < -0.39 is 5.41 Å². The van der Waals surface area contributed by atoms with Crippen LogP contribution in [0, 0.1) is 5.82 Å². The lowest BCUT2D eigenvalue weighted by molar-refractivity contribution is 0.0990. The van der Waals surface area contributed by atoms with Crippen molar-refractivity contribution in [2.75, 3.05) is 4.90 Å². The minimum Gasteiger partial charge on any atom is -0.310 e. The number of ketones is 2. The van der Waals surface area contributed by atoms with E-state index in [1.54, 1.807) is 30.3 Å². The van der Waals surface area contributed by atoms with Crippen LogP contribution in [0.25, 0.3) is 17.2 Å². The minimum atomic E-state index is -0.492. The molecule has 1 unspecified atom stereocenters. The molecule has 0 aromatic heterocycles. The summed E-state index contributed by atoms with van der Waals surface area (Å²) in [4.78, 5) is 28.6. The third kappa shape index (κ3) is 4.30. The van der Waals surface area contributed by atoms with E-state index in [1.807, 2.05) is 42.5 Å². The van der Waals surface area contributed by atoms with Gasteiger partial charge in [0, 0.05) is 27.8 Å². The van der Waals surface area contributed by atoms with Gasteiger partial charge in [-0.3, -0.25) is 9.59 Å². The van der Waals surface area contributed by atoms with Gasteiger partial charge in [-0.25, -0.2) is 4.39 Å². The van der Waals surface area contributed by atoms with Crippen molar-refractivity contribution in [3.8, 4) is 11.1 Å². The zero-order chi connectivity index (χ0) is 30.0. The molecule has 5 aromatic rings. The number of anilines is 3. The van der Waals surface area contributed by atoms with Gasteiger partial charge in [-0.1, -0.05) is 80.0 Å². The molecule has 1 aliphatic carbocycles. The number of nitrogens with zero attached hydrogens (tertiary/aromatic N) is 1. The van der Waals surface area contributed by atoms with Crippen molar-refractivity contribution in [3.63, 3.8) is 0 Å². The Hall–Kier alpha value is -4.60. The van der Waals surface area contributed by atoms with Crippen LogP contribution in [-0.2, 0) is 5.41 Å². The number of hydrogen-bond donors (Lipinski definition) is 0. The summed E-state index contributed by atoms with van der Waals surface area (Å²) in [5.74, 6) is -0.886. The minimum absolute atomic E-state index is 0.129. The van der Waals surface area contributed by atoms with Crippen molar-refractivity contribution in [2.24, 2.45) is 0 Å². The highest BCUT2D eigenvalue weighted by Gasteiger charge is 2.38. The first-order valence-corrected chi connectivity index (χ1v) is 14.6. The summed E-state index contributed by atoms with van der Waals surface area (Å²) in [6.45, 7) is 4.31. The quantitative estimate of drug-likeness (QED) is 0.0974. The Morgan fingerprint density at radius 2 is 1.47 bits per heavy atom. The Labute approximate surface area is 253 Å². The second-order valence-corrected chi connectivity index (χ2v) is 12.2. The van der Waals surface area contributed by atoms with E-state index in [4.69, 9.17) is 7.85 Å². The highest BCUT2D eigenvalue weighted by atomic mass is 31.0. The van der Waals surface area contributed by atoms with Gasteiger partial charge in [0.15, 0.2) is 11.6 Å². The normalized spacial score (nSPS) is 15.8. The molecule has 206 valence electrons. The van der Waals surface area contributed by atoms with Gasteiger partial charge in [-0.15, -0.1) is 9.24 Å². The van der Waals surface area contributed by atoms with Gasteiger partial charge in [0.2, 0.25) is 0 Å². The van der Waals surface area contributed by atoms with Crippen LogP contribution in [-0.4, -0.2) is 19.4 Å². The predicted molar refractivity (Wildman–Crippen MR) is 176 cm³/mol. The summed E-state index contributed by atoms with van der Waals surface area (Å²) in [6.07, 6.45) is 1.68. The van der Waals surface area contributed by atoms with E-state index in [2.05, 4.69) is 58.3 Å². The van der Waals surface area contributed by atoms with Crippen LogP contribution in [0.5, 0.6) is 0 Å². The van der Waals surface area contributed by atoms with Gasteiger partial charge in [0.05, 0.1) is 16.9 Å². The summed E-state index contributed by atoms with van der Waals surface area (Å²) in [5.41, 5.74) is 7.95. The second-order valence-electron chi connectivity index (χ2n) is 11.5. The number of hydrogen-bond acceptors (Lipinski definition) is 3. The first-order chi connectivity index (χ1) is 20.6. The zero-order valence-corrected chi connectivity index (χ0v) is 24.8. The number of carbonyl (C=O) groups excluding carboxylic acids is 2. The monoisotopic (exact) mass is 577 g/mol. The number of benzene rings is 5. The van der Waals surface area contributed by atoms with E-state index in [-0.39, 0.29) is 23.0 Å². The van der Waals surface area contributed by atoms with Crippen molar-refractivity contribution >= 4 is 62.6 Å². The summed E-state index contributed by atoms with van der Waals surface area (Å²) >= 11 is 0. The number of rotatable bonds is 3. The van der Waals surface area contributed by atoms with Crippen LogP contribution in [0.2, 0.25) is 0 Å². The lowest BCUT2D eigenvalue weighted by atomic mass is 9.72. The average Bonchev–Trinajstić information content (AvgIpc) is 3.22. The molecule has 0 fully saturated rings. The molecule has 5 aromatic carbocycles. The zero-order valence-electron chi connectivity index (χ0n) is 23.7. The molecule has 0 saturated carbocycles. The number of halogens is 1. The molecule has 1 atom stereocenters. The van der Waals surface area contributed by atoms with E-state index in [9.17, 15) is 9.59 Å². The number of carbonyl (C=O) groups is 2. The highest BCUT2D eigenvalue weighted by molar-refractivity contribution is 7.28. The van der Waals surface area contributed by atoms with Crippen LogP contribution in [0.1, 0.15) is 51.3 Å². The maximum absolute atomic E-state index is 15.1. The van der Waals surface area contributed by atoms with Crippen molar-refractivity contribution in [2.45, 2.75) is 19.3 Å². The summed E-state index contributed by atoms with van der Waals surface area (Å²) in [6, 6.07) is 32.2. The molecule has 43 heavy (non-hydrogen) atoms. The number of fused-ring (bicyclic) bond motifs is 3. The highest BCUT2D eigenvalue weighted by Crippen LogP contribution is 2.53. The molecule has 7 rings (SSSR count). The van der Waals surface area contributed by atoms with Crippen LogP contribution in [0.15, 0.2) is 109 Å². The van der Waals surface area contributed by atoms with Crippen LogP contribution in [0.3, 0.4) is 0 Å². The van der Waals surface area contributed by atoms with E-state index in [0.717, 1.165) is 44.6 Å². The molecule has 0 saturated heterocycles. The summed E-state index contributed by atoms with van der Waals surface area (Å²) in [7, 11) is 8.54. The van der Waals surface area contributed by atoms with E-state index >= 15 is 4.39 Å². The Morgan fingerprint density at radius 3 is 2.21 bits per heavy atom. The molecular formula is C37H26BFNO2P. The van der Waals surface area contributed by atoms with Crippen molar-refractivity contribution < 1.29 is 14.0 Å². The Morgan fingerprint density at radius 1 is 0.767 bits per heavy atom. The van der Waals surface area contributed by atoms with Gasteiger partial charge in [0.25, 0.3) is 0 Å². The lowest BCUT2D eigenvalue weighted by Gasteiger charge is -2.42. The molecule has 6 heteroatoms. The number of para-hydroxylation sites is 1. The standard InChI is InChI=1S/C37H26BFNO2P/c1-37(2)28-18-21(17-27-35(41)25-14-13-23(38)20-26(25)36(27)42)11-15-31(28)40(24-7-4-3-5-8-24)32-16-12-22(19-29(32)37)34-30(39)9-6-10-33(34)43/h3-20H,43H2,1-2H3/b27-17-. The third-order valence-electron chi connectivity index (χ3n) is 8.53. The molecule has 1 heterocycles. The molecule has 2 aliphatic rings. The Balaban J connectivity index is 1.41. The Kier molecular flexibility index (Phi) is 6.34. The molecule has 0 amide bonds. The molecular weight excluding hydrogens is 551 g/mol. The van der Waals surface area contributed by atoms with Crippen molar-refractivity contribution in [1.29, 1.82) is 0 Å². The predicted octanol–water partition coefficient (Wildman–Crippen LogP) is 7.36. The second kappa shape index (κ2) is 10.0. The smallest absolute Gasteiger partial charge is 0.197 e. The number of allylic oxidation sites excluding steroid dienone is 1. The van der Waals surface area contributed by atoms with Crippen LogP contribution in [0.4, 0.5) is 21.5 Å². The molecule has 0 N–H and O–H groups in total.